The SMILES string of the molecule is Cc1cccc(C(=O)NC(C(=O)NCC(=O)Nc2ccc(F)c(F)c2F)C(C)C)c1. The molecule has 160 valence electrons. The smallest absolute Gasteiger partial charge is 0.251 e. The van der Waals surface area contributed by atoms with Crippen LogP contribution < -0.4 is 16.0 Å². The Labute approximate surface area is 171 Å². The Hall–Kier alpha value is -3.36. The van der Waals surface area contributed by atoms with Crippen molar-refractivity contribution in [3.05, 3.63) is 65.0 Å². The molecule has 2 rings (SSSR count). The van der Waals surface area contributed by atoms with E-state index in [9.17, 15) is 27.6 Å². The van der Waals surface area contributed by atoms with Crippen molar-refractivity contribution >= 4 is 23.4 Å². The molecule has 0 radical (unpaired) electrons. The number of amides is 3. The van der Waals surface area contributed by atoms with E-state index in [2.05, 4.69) is 16.0 Å². The molecule has 0 heterocycles. The van der Waals surface area contributed by atoms with Gasteiger partial charge in [-0.1, -0.05) is 31.5 Å². The molecule has 6 nitrogen and oxygen atoms in total. The Morgan fingerprint density at radius 2 is 1.70 bits per heavy atom. The third-order valence-electron chi connectivity index (χ3n) is 4.25. The lowest BCUT2D eigenvalue weighted by Gasteiger charge is -2.21. The summed E-state index contributed by atoms with van der Waals surface area (Å²) >= 11 is 0. The number of halogens is 3. The maximum absolute atomic E-state index is 13.6. The lowest BCUT2D eigenvalue weighted by molar-refractivity contribution is -0.126. The van der Waals surface area contributed by atoms with Crippen molar-refractivity contribution in [2.24, 2.45) is 5.92 Å². The van der Waals surface area contributed by atoms with E-state index in [1.807, 2.05) is 13.0 Å². The predicted molar refractivity (Wildman–Crippen MR) is 105 cm³/mol. The van der Waals surface area contributed by atoms with Gasteiger partial charge in [0.2, 0.25) is 11.8 Å². The fraction of sp³-hybridized carbons (Fsp3) is 0.286. The molecular formula is C21H22F3N3O3. The highest BCUT2D eigenvalue weighted by Gasteiger charge is 2.25. The van der Waals surface area contributed by atoms with Crippen LogP contribution in [0.5, 0.6) is 0 Å². The topological polar surface area (TPSA) is 87.3 Å². The lowest BCUT2D eigenvalue weighted by atomic mass is 10.0. The maximum atomic E-state index is 13.6. The molecule has 1 unspecified atom stereocenters. The van der Waals surface area contributed by atoms with Gasteiger partial charge in [0, 0.05) is 5.56 Å². The van der Waals surface area contributed by atoms with Gasteiger partial charge >= 0.3 is 0 Å². The van der Waals surface area contributed by atoms with Crippen LogP contribution in [0.2, 0.25) is 0 Å². The van der Waals surface area contributed by atoms with Crippen molar-refractivity contribution < 1.29 is 27.6 Å². The van der Waals surface area contributed by atoms with Crippen LogP contribution in [0.3, 0.4) is 0 Å². The molecule has 9 heteroatoms. The zero-order valence-electron chi connectivity index (χ0n) is 16.7. The van der Waals surface area contributed by atoms with E-state index in [0.717, 1.165) is 11.6 Å². The molecule has 0 aromatic heterocycles. The van der Waals surface area contributed by atoms with Gasteiger partial charge in [0.25, 0.3) is 5.91 Å². The molecule has 30 heavy (non-hydrogen) atoms. The minimum Gasteiger partial charge on any atom is -0.345 e. The highest BCUT2D eigenvalue weighted by atomic mass is 19.2. The highest BCUT2D eigenvalue weighted by Crippen LogP contribution is 2.19. The molecule has 3 N–H and O–H groups in total. The Bertz CT molecular complexity index is 964. The third-order valence-corrected chi connectivity index (χ3v) is 4.25. The van der Waals surface area contributed by atoms with Gasteiger partial charge in [-0.3, -0.25) is 14.4 Å². The average Bonchev–Trinajstić information content (AvgIpc) is 2.70. The average molecular weight is 421 g/mol. The van der Waals surface area contributed by atoms with Crippen LogP contribution in [-0.2, 0) is 9.59 Å². The minimum atomic E-state index is -1.71. The van der Waals surface area contributed by atoms with Gasteiger partial charge in [-0.15, -0.1) is 0 Å². The summed E-state index contributed by atoms with van der Waals surface area (Å²) in [4.78, 5) is 36.8. The molecule has 0 spiro atoms. The summed E-state index contributed by atoms with van der Waals surface area (Å²) < 4.78 is 39.8. The summed E-state index contributed by atoms with van der Waals surface area (Å²) in [6.07, 6.45) is 0. The summed E-state index contributed by atoms with van der Waals surface area (Å²) in [5.41, 5.74) is 0.718. The number of aryl methyl sites for hydroxylation is 1. The Kier molecular flexibility index (Phi) is 7.57. The van der Waals surface area contributed by atoms with Crippen LogP contribution in [0.4, 0.5) is 18.9 Å². The number of nitrogens with one attached hydrogen (secondary N) is 3. The van der Waals surface area contributed by atoms with E-state index in [4.69, 9.17) is 0 Å². The Balaban J connectivity index is 1.97. The van der Waals surface area contributed by atoms with Gasteiger partial charge in [-0.05, 0) is 37.1 Å². The van der Waals surface area contributed by atoms with Crippen molar-refractivity contribution in [1.82, 2.24) is 10.6 Å². The number of hydrogen-bond donors (Lipinski definition) is 3. The van der Waals surface area contributed by atoms with Crippen LogP contribution >= 0.6 is 0 Å². The largest absolute Gasteiger partial charge is 0.345 e. The molecule has 0 saturated heterocycles. The van der Waals surface area contributed by atoms with Crippen LogP contribution in [-0.4, -0.2) is 30.3 Å². The van der Waals surface area contributed by atoms with Crippen LogP contribution in [0.25, 0.3) is 0 Å². The zero-order chi connectivity index (χ0) is 22.4. The standard InChI is InChI=1S/C21H22F3N3O3/c1-11(2)19(27-20(29)13-6-4-5-12(3)9-13)21(30)25-10-16(28)26-15-8-7-14(22)17(23)18(15)24/h4-9,11,19H,10H2,1-3H3,(H,25,30)(H,26,28)(H,27,29). The first kappa shape index (κ1) is 22.9. The number of carbonyl (C=O) groups excluding carboxylic acids is 3. The first-order chi connectivity index (χ1) is 14.1. The summed E-state index contributed by atoms with van der Waals surface area (Å²) in [6.45, 7) is 4.72. The van der Waals surface area contributed by atoms with E-state index >= 15 is 0 Å². The Morgan fingerprint density at radius 1 is 1.00 bits per heavy atom. The van der Waals surface area contributed by atoms with E-state index < -0.39 is 53.4 Å². The minimum absolute atomic E-state index is 0.287. The fourth-order valence-corrected chi connectivity index (χ4v) is 2.64. The van der Waals surface area contributed by atoms with Crippen molar-refractivity contribution in [2.75, 3.05) is 11.9 Å². The second-order valence-electron chi connectivity index (χ2n) is 7.05. The quantitative estimate of drug-likeness (QED) is 0.601. The van der Waals surface area contributed by atoms with Gasteiger partial charge in [0.15, 0.2) is 17.5 Å². The molecule has 0 bridgehead atoms. The second kappa shape index (κ2) is 9.91. The number of benzene rings is 2. The molecule has 2 aromatic carbocycles. The van der Waals surface area contributed by atoms with E-state index in [-0.39, 0.29) is 5.92 Å². The molecular weight excluding hydrogens is 399 g/mol. The molecule has 0 fully saturated rings. The van der Waals surface area contributed by atoms with Gasteiger partial charge in [-0.25, -0.2) is 13.2 Å². The molecule has 0 aliphatic heterocycles. The summed E-state index contributed by atoms with van der Waals surface area (Å²) in [6, 6.07) is 7.45. The fourth-order valence-electron chi connectivity index (χ4n) is 2.64. The van der Waals surface area contributed by atoms with E-state index in [1.54, 1.807) is 32.0 Å². The van der Waals surface area contributed by atoms with Gasteiger partial charge in [0.1, 0.15) is 6.04 Å². The number of hydrogen-bond acceptors (Lipinski definition) is 3. The van der Waals surface area contributed by atoms with Crippen molar-refractivity contribution in [3.8, 4) is 0 Å². The lowest BCUT2D eigenvalue weighted by Crippen LogP contribution is -2.51. The van der Waals surface area contributed by atoms with Crippen LogP contribution in [0.1, 0.15) is 29.8 Å². The van der Waals surface area contributed by atoms with Gasteiger partial charge in [0.05, 0.1) is 12.2 Å². The summed E-state index contributed by atoms with van der Waals surface area (Å²) in [5, 5.41) is 7.02. The predicted octanol–water partition coefficient (Wildman–Crippen LogP) is 2.92. The number of rotatable bonds is 7. The molecule has 0 aliphatic rings. The van der Waals surface area contributed by atoms with Crippen molar-refractivity contribution in [3.63, 3.8) is 0 Å². The van der Waals surface area contributed by atoms with Gasteiger partial charge < -0.3 is 16.0 Å². The maximum Gasteiger partial charge on any atom is 0.251 e. The Morgan fingerprint density at radius 3 is 2.33 bits per heavy atom. The number of anilines is 1. The van der Waals surface area contributed by atoms with Crippen LogP contribution in [0, 0.1) is 30.3 Å². The third kappa shape index (κ3) is 5.82. The first-order valence-corrected chi connectivity index (χ1v) is 9.18. The van der Waals surface area contributed by atoms with Crippen molar-refractivity contribution in [1.29, 1.82) is 0 Å². The highest BCUT2D eigenvalue weighted by molar-refractivity contribution is 5.99. The molecule has 0 saturated carbocycles. The number of carbonyl (C=O) groups is 3. The molecule has 1 atom stereocenters. The molecule has 3 amide bonds. The van der Waals surface area contributed by atoms with E-state index in [1.165, 1.54) is 0 Å². The first-order valence-electron chi connectivity index (χ1n) is 9.18. The van der Waals surface area contributed by atoms with Crippen molar-refractivity contribution in [2.45, 2.75) is 26.8 Å². The normalized spacial score (nSPS) is 11.7. The molecule has 2 aromatic rings. The summed E-state index contributed by atoms with van der Waals surface area (Å²) in [7, 11) is 0. The van der Waals surface area contributed by atoms with Gasteiger partial charge in [-0.2, -0.15) is 0 Å². The summed E-state index contributed by atoms with van der Waals surface area (Å²) in [5.74, 6) is -6.84. The van der Waals surface area contributed by atoms with Crippen LogP contribution in [0.15, 0.2) is 36.4 Å². The molecule has 0 aliphatic carbocycles. The van der Waals surface area contributed by atoms with E-state index in [0.29, 0.717) is 11.6 Å². The zero-order valence-corrected chi connectivity index (χ0v) is 16.7. The second-order valence-corrected chi connectivity index (χ2v) is 7.05. The monoisotopic (exact) mass is 421 g/mol.